The first kappa shape index (κ1) is 20.3. The average molecular weight is 459 g/mol. The maximum Gasteiger partial charge on any atom is 0.230 e. The van der Waals surface area contributed by atoms with Crippen molar-refractivity contribution < 1.29 is 4.79 Å². The smallest absolute Gasteiger partial charge is 0.230 e. The van der Waals surface area contributed by atoms with Crippen molar-refractivity contribution in [3.05, 3.63) is 84.1 Å². The molecule has 0 saturated carbocycles. The molecule has 0 fully saturated rings. The van der Waals surface area contributed by atoms with Gasteiger partial charge in [0.1, 0.15) is 5.01 Å². The molecule has 0 aliphatic heterocycles. The standard InChI is InChI=1S/C23H18N6OS2/c30-20(25-14-21-26-18-10-4-5-11-19(18)32-21)15-31-23-28-27-22(16-7-6-12-24-13-16)29(23)17-8-2-1-3-9-17/h1-13H,14-15H2,(H,25,30). The lowest BCUT2D eigenvalue weighted by Gasteiger charge is -2.10. The molecule has 32 heavy (non-hydrogen) atoms. The quantitative estimate of drug-likeness (QED) is 0.365. The fourth-order valence-corrected chi connectivity index (χ4v) is 4.89. The first-order valence-corrected chi connectivity index (χ1v) is 11.7. The Balaban J connectivity index is 1.30. The molecule has 9 heteroatoms. The second-order valence-electron chi connectivity index (χ2n) is 6.86. The van der Waals surface area contributed by atoms with Crippen molar-refractivity contribution in [1.29, 1.82) is 0 Å². The van der Waals surface area contributed by atoms with E-state index in [2.05, 4.69) is 25.5 Å². The Hall–Kier alpha value is -3.56. The van der Waals surface area contributed by atoms with Gasteiger partial charge in [-0.05, 0) is 36.4 Å². The molecule has 0 aliphatic rings. The van der Waals surface area contributed by atoms with Crippen LogP contribution in [0.1, 0.15) is 5.01 Å². The van der Waals surface area contributed by atoms with Gasteiger partial charge in [0.05, 0.1) is 22.5 Å². The molecular formula is C23H18N6OS2. The minimum absolute atomic E-state index is 0.0835. The van der Waals surface area contributed by atoms with E-state index in [0.717, 1.165) is 26.5 Å². The lowest BCUT2D eigenvalue weighted by atomic mass is 10.2. The summed E-state index contributed by atoms with van der Waals surface area (Å²) in [5, 5.41) is 13.2. The minimum atomic E-state index is -0.0835. The number of benzene rings is 2. The number of carbonyl (C=O) groups is 1. The fraction of sp³-hybridized carbons (Fsp3) is 0.0870. The normalized spacial score (nSPS) is 11.0. The molecule has 1 amide bonds. The highest BCUT2D eigenvalue weighted by Gasteiger charge is 2.17. The molecule has 0 radical (unpaired) electrons. The number of hydrogen-bond donors (Lipinski definition) is 1. The SMILES string of the molecule is O=C(CSc1nnc(-c2cccnc2)n1-c1ccccc1)NCc1nc2ccccc2s1. The van der Waals surface area contributed by atoms with Gasteiger partial charge in [-0.3, -0.25) is 14.3 Å². The molecule has 158 valence electrons. The Labute approximate surface area is 192 Å². The van der Waals surface area contributed by atoms with Gasteiger partial charge in [0.2, 0.25) is 5.91 Å². The molecule has 5 rings (SSSR count). The Morgan fingerprint density at radius 2 is 1.84 bits per heavy atom. The van der Waals surface area contributed by atoms with Crippen LogP contribution < -0.4 is 5.32 Å². The van der Waals surface area contributed by atoms with Gasteiger partial charge < -0.3 is 5.32 Å². The molecule has 1 N–H and O–H groups in total. The molecule has 0 bridgehead atoms. The molecular weight excluding hydrogens is 440 g/mol. The molecule has 7 nitrogen and oxygen atoms in total. The van der Waals surface area contributed by atoms with Crippen LogP contribution in [0.2, 0.25) is 0 Å². The Morgan fingerprint density at radius 3 is 2.66 bits per heavy atom. The summed E-state index contributed by atoms with van der Waals surface area (Å²) in [4.78, 5) is 21.3. The van der Waals surface area contributed by atoms with Gasteiger partial charge in [0.15, 0.2) is 11.0 Å². The molecule has 0 saturated heterocycles. The molecule has 3 heterocycles. The number of aromatic nitrogens is 5. The maximum absolute atomic E-state index is 12.5. The third-order valence-electron chi connectivity index (χ3n) is 4.67. The van der Waals surface area contributed by atoms with Crippen molar-refractivity contribution in [2.24, 2.45) is 0 Å². The van der Waals surface area contributed by atoms with Crippen LogP contribution in [0.3, 0.4) is 0 Å². The Kier molecular flexibility index (Phi) is 5.91. The van der Waals surface area contributed by atoms with Crippen LogP contribution in [0.5, 0.6) is 0 Å². The third kappa shape index (κ3) is 4.39. The molecule has 5 aromatic rings. The zero-order valence-electron chi connectivity index (χ0n) is 16.9. The van der Waals surface area contributed by atoms with Crippen LogP contribution in [0.4, 0.5) is 0 Å². The van der Waals surface area contributed by atoms with E-state index in [1.807, 2.05) is 71.3 Å². The van der Waals surface area contributed by atoms with Crippen molar-refractivity contribution in [1.82, 2.24) is 30.0 Å². The predicted octanol–water partition coefficient (Wildman–Crippen LogP) is 4.35. The van der Waals surface area contributed by atoms with Crippen molar-refractivity contribution >= 4 is 39.2 Å². The van der Waals surface area contributed by atoms with Gasteiger partial charge in [0, 0.05) is 23.6 Å². The van der Waals surface area contributed by atoms with Crippen LogP contribution in [0.15, 0.2) is 84.3 Å². The lowest BCUT2D eigenvalue weighted by Crippen LogP contribution is -2.24. The highest BCUT2D eigenvalue weighted by Crippen LogP contribution is 2.27. The fourth-order valence-electron chi connectivity index (χ4n) is 3.21. The van der Waals surface area contributed by atoms with E-state index >= 15 is 0 Å². The molecule has 0 unspecified atom stereocenters. The summed E-state index contributed by atoms with van der Waals surface area (Å²) in [7, 11) is 0. The van der Waals surface area contributed by atoms with Crippen LogP contribution in [-0.4, -0.2) is 36.4 Å². The summed E-state index contributed by atoms with van der Waals surface area (Å²) in [6.07, 6.45) is 3.47. The van der Waals surface area contributed by atoms with Crippen molar-refractivity contribution in [2.45, 2.75) is 11.7 Å². The van der Waals surface area contributed by atoms with Gasteiger partial charge in [0.25, 0.3) is 0 Å². The molecule has 3 aromatic heterocycles. The van der Waals surface area contributed by atoms with Crippen LogP contribution in [0, 0.1) is 0 Å². The van der Waals surface area contributed by atoms with E-state index < -0.39 is 0 Å². The lowest BCUT2D eigenvalue weighted by molar-refractivity contribution is -0.118. The number of nitrogens with one attached hydrogen (secondary N) is 1. The van der Waals surface area contributed by atoms with Crippen molar-refractivity contribution in [2.75, 3.05) is 5.75 Å². The van der Waals surface area contributed by atoms with E-state index in [1.54, 1.807) is 23.7 Å². The first-order valence-electron chi connectivity index (χ1n) is 9.93. The Morgan fingerprint density at radius 1 is 1.00 bits per heavy atom. The monoisotopic (exact) mass is 458 g/mol. The second kappa shape index (κ2) is 9.29. The second-order valence-corrected chi connectivity index (χ2v) is 8.92. The minimum Gasteiger partial charge on any atom is -0.349 e. The number of carbonyl (C=O) groups excluding carboxylic acids is 1. The number of para-hydroxylation sites is 2. The van der Waals surface area contributed by atoms with Crippen LogP contribution in [0.25, 0.3) is 27.3 Å². The predicted molar refractivity (Wildman–Crippen MR) is 127 cm³/mol. The number of pyridine rings is 1. The number of thioether (sulfide) groups is 1. The number of amides is 1. The van der Waals surface area contributed by atoms with E-state index in [-0.39, 0.29) is 11.7 Å². The Bertz CT molecular complexity index is 1320. The molecule has 0 aliphatic carbocycles. The largest absolute Gasteiger partial charge is 0.349 e. The van der Waals surface area contributed by atoms with E-state index in [0.29, 0.717) is 17.5 Å². The highest BCUT2D eigenvalue weighted by atomic mass is 32.2. The molecule has 2 aromatic carbocycles. The van der Waals surface area contributed by atoms with Crippen LogP contribution >= 0.6 is 23.1 Å². The van der Waals surface area contributed by atoms with Gasteiger partial charge in [-0.2, -0.15) is 0 Å². The summed E-state index contributed by atoms with van der Waals surface area (Å²) in [5.41, 5.74) is 2.74. The zero-order chi connectivity index (χ0) is 21.8. The summed E-state index contributed by atoms with van der Waals surface area (Å²) >= 11 is 2.93. The molecule has 0 atom stereocenters. The van der Waals surface area contributed by atoms with Gasteiger partial charge in [-0.25, -0.2) is 4.98 Å². The van der Waals surface area contributed by atoms with E-state index in [9.17, 15) is 4.79 Å². The third-order valence-corrected chi connectivity index (χ3v) is 6.64. The topological polar surface area (TPSA) is 85.6 Å². The number of fused-ring (bicyclic) bond motifs is 1. The number of thiazole rings is 1. The van der Waals surface area contributed by atoms with Gasteiger partial charge in [-0.1, -0.05) is 42.1 Å². The number of hydrogen-bond acceptors (Lipinski definition) is 7. The average Bonchev–Trinajstić information content (AvgIpc) is 3.46. The summed E-state index contributed by atoms with van der Waals surface area (Å²) in [6, 6.07) is 21.6. The molecule has 0 spiro atoms. The zero-order valence-corrected chi connectivity index (χ0v) is 18.5. The van der Waals surface area contributed by atoms with Crippen LogP contribution in [-0.2, 0) is 11.3 Å². The summed E-state index contributed by atoms with van der Waals surface area (Å²) in [6.45, 7) is 0.408. The van der Waals surface area contributed by atoms with Gasteiger partial charge in [-0.15, -0.1) is 21.5 Å². The van der Waals surface area contributed by atoms with Gasteiger partial charge >= 0.3 is 0 Å². The first-order chi connectivity index (χ1) is 15.8. The summed E-state index contributed by atoms with van der Waals surface area (Å²) < 4.78 is 3.06. The van der Waals surface area contributed by atoms with Crippen molar-refractivity contribution in [3.63, 3.8) is 0 Å². The maximum atomic E-state index is 12.5. The number of nitrogens with zero attached hydrogens (tertiary/aromatic N) is 5. The van der Waals surface area contributed by atoms with Crippen molar-refractivity contribution in [3.8, 4) is 17.1 Å². The number of rotatable bonds is 7. The van der Waals surface area contributed by atoms with E-state index in [4.69, 9.17) is 0 Å². The summed E-state index contributed by atoms with van der Waals surface area (Å²) in [5.74, 6) is 0.824. The highest BCUT2D eigenvalue weighted by molar-refractivity contribution is 7.99. The van der Waals surface area contributed by atoms with E-state index in [1.165, 1.54) is 11.8 Å².